The quantitative estimate of drug-likeness (QED) is 0.888. The normalized spacial score (nSPS) is 16.3. The van der Waals surface area contributed by atoms with Crippen LogP contribution < -0.4 is 5.32 Å². The van der Waals surface area contributed by atoms with Gasteiger partial charge in [-0.1, -0.05) is 28.1 Å². The fourth-order valence-corrected chi connectivity index (χ4v) is 1.29. The van der Waals surface area contributed by atoms with Crippen LogP contribution in [0.25, 0.3) is 0 Å². The Labute approximate surface area is 98.7 Å². The van der Waals surface area contributed by atoms with Gasteiger partial charge >= 0.3 is 0 Å². The van der Waals surface area contributed by atoms with E-state index in [0.29, 0.717) is 6.42 Å². The van der Waals surface area contributed by atoms with E-state index in [1.54, 1.807) is 0 Å². The average molecular weight is 268 g/mol. The molecule has 1 nitrogen and oxygen atoms in total. The zero-order valence-electron chi connectivity index (χ0n) is 10.4. The Morgan fingerprint density at radius 1 is 1.46 bits per heavy atom. The summed E-state index contributed by atoms with van der Waals surface area (Å²) in [6, 6.07) is 7.83. The third-order valence-electron chi connectivity index (χ3n) is 1.70. The van der Waals surface area contributed by atoms with E-state index in [9.17, 15) is 0 Å². The summed E-state index contributed by atoms with van der Waals surface area (Å²) in [6.45, 7) is -0.191. The van der Waals surface area contributed by atoms with E-state index in [2.05, 4.69) is 21.2 Å². The molecular formula is C10H15BrClN. The summed E-state index contributed by atoms with van der Waals surface area (Å²) in [5.74, 6) is 0. The molecule has 1 N–H and O–H groups in total. The van der Waals surface area contributed by atoms with Gasteiger partial charge in [0.1, 0.15) is 0 Å². The summed E-state index contributed by atoms with van der Waals surface area (Å²) in [4.78, 5) is 0. The van der Waals surface area contributed by atoms with Crippen LogP contribution in [0.2, 0.25) is 0 Å². The number of nitrogens with one attached hydrogen (secondary N) is 1. The van der Waals surface area contributed by atoms with Gasteiger partial charge in [-0.05, 0) is 38.0 Å². The van der Waals surface area contributed by atoms with Crippen LogP contribution in [0.1, 0.15) is 16.6 Å². The summed E-state index contributed by atoms with van der Waals surface area (Å²) < 4.78 is 22.3. The third kappa shape index (κ3) is 4.65. The molecule has 74 valence electrons. The maximum Gasteiger partial charge on any atom is 0.0391 e. The Bertz CT molecular complexity index is 313. The van der Waals surface area contributed by atoms with E-state index in [-0.39, 0.29) is 18.4 Å². The molecule has 1 aromatic rings. The monoisotopic (exact) mass is 266 g/mol. The van der Waals surface area contributed by atoms with Gasteiger partial charge in [-0.25, -0.2) is 0 Å². The Morgan fingerprint density at radius 2 is 2.08 bits per heavy atom. The summed E-state index contributed by atoms with van der Waals surface area (Å²) in [5, 5.41) is 2.57. The minimum atomic E-state index is -2.06. The van der Waals surface area contributed by atoms with Crippen molar-refractivity contribution < 1.29 is 4.11 Å². The van der Waals surface area contributed by atoms with Gasteiger partial charge in [-0.15, -0.1) is 12.4 Å². The maximum atomic E-state index is 7.08. The lowest BCUT2D eigenvalue weighted by atomic mass is 10.1. The van der Waals surface area contributed by atoms with Crippen LogP contribution in [0, 0.1) is 0 Å². The molecule has 3 heteroatoms. The lowest BCUT2D eigenvalue weighted by Crippen LogP contribution is -2.23. The van der Waals surface area contributed by atoms with Crippen LogP contribution in [0.5, 0.6) is 0 Å². The topological polar surface area (TPSA) is 12.0 Å². The van der Waals surface area contributed by atoms with Gasteiger partial charge in [0.05, 0.1) is 0 Å². The van der Waals surface area contributed by atoms with Crippen LogP contribution in [0.15, 0.2) is 28.7 Å². The smallest absolute Gasteiger partial charge is 0.0391 e. The van der Waals surface area contributed by atoms with Crippen LogP contribution in [-0.4, -0.2) is 13.0 Å². The summed E-state index contributed by atoms with van der Waals surface area (Å²) in [7, 11) is 0. The zero-order chi connectivity index (χ0) is 11.5. The second kappa shape index (κ2) is 6.41. The Balaban J connectivity index is 0.00000225. The highest BCUT2D eigenvalue weighted by Gasteiger charge is 1.99. The third-order valence-corrected chi connectivity index (χ3v) is 2.23. The Kier molecular flexibility index (Phi) is 4.08. The molecule has 0 saturated carbocycles. The van der Waals surface area contributed by atoms with Crippen molar-refractivity contribution in [2.45, 2.75) is 19.4 Å². The molecule has 0 amide bonds. The second-order valence-electron chi connectivity index (χ2n) is 2.88. The van der Waals surface area contributed by atoms with E-state index in [4.69, 9.17) is 4.11 Å². The number of hydrogen-bond acceptors (Lipinski definition) is 1. The van der Waals surface area contributed by atoms with Crippen LogP contribution in [0.3, 0.4) is 0 Å². The lowest BCUT2D eigenvalue weighted by Gasteiger charge is -2.09. The number of hydrogen-bond donors (Lipinski definition) is 1. The molecule has 1 rings (SSSR count). The van der Waals surface area contributed by atoms with Gasteiger partial charge in [0.2, 0.25) is 0 Å². The fourth-order valence-electron chi connectivity index (χ4n) is 1.03. The maximum absolute atomic E-state index is 7.08. The van der Waals surface area contributed by atoms with Crippen molar-refractivity contribution in [1.82, 2.24) is 5.32 Å². The van der Waals surface area contributed by atoms with E-state index in [0.717, 1.165) is 10.0 Å². The number of rotatable bonds is 3. The molecule has 0 bridgehead atoms. The van der Waals surface area contributed by atoms with Crippen molar-refractivity contribution in [3.8, 4) is 0 Å². The Hall–Kier alpha value is -0.0500. The van der Waals surface area contributed by atoms with Crippen molar-refractivity contribution >= 4 is 28.3 Å². The summed E-state index contributed by atoms with van der Waals surface area (Å²) >= 11 is 3.35. The van der Waals surface area contributed by atoms with Crippen molar-refractivity contribution in [3.05, 3.63) is 34.3 Å². The Morgan fingerprint density at radius 3 is 2.62 bits per heavy atom. The summed E-state index contributed by atoms with van der Waals surface area (Å²) in [6.07, 6.45) is 0.714. The molecule has 1 unspecified atom stereocenters. The molecule has 0 heterocycles. The second-order valence-corrected chi connectivity index (χ2v) is 3.79. The molecule has 0 aromatic heterocycles. The number of benzene rings is 1. The summed E-state index contributed by atoms with van der Waals surface area (Å²) in [5.41, 5.74) is 1.13. The molecule has 0 aliphatic rings. The minimum Gasteiger partial charge on any atom is -0.317 e. The minimum absolute atomic E-state index is 0. The van der Waals surface area contributed by atoms with Gasteiger partial charge in [0.15, 0.2) is 0 Å². The van der Waals surface area contributed by atoms with E-state index in [1.807, 2.05) is 31.2 Å². The first kappa shape index (κ1) is 8.27. The largest absolute Gasteiger partial charge is 0.317 e. The van der Waals surface area contributed by atoms with Crippen molar-refractivity contribution in [2.24, 2.45) is 0 Å². The highest BCUT2D eigenvalue weighted by molar-refractivity contribution is 9.10. The van der Waals surface area contributed by atoms with Gasteiger partial charge in [-0.3, -0.25) is 0 Å². The standard InChI is InChI=1S/C10H14BrN.ClH/c1-8(12-2)7-9-3-5-10(11)6-4-9;/h3-6,8,12H,7H2,1-2H3;1H/i2D3;. The molecule has 0 aliphatic heterocycles. The number of halogens is 2. The first-order valence-electron chi connectivity index (χ1n) is 5.39. The molecular weight excluding hydrogens is 249 g/mol. The predicted molar refractivity (Wildman–Crippen MR) is 63.6 cm³/mol. The van der Waals surface area contributed by atoms with Crippen LogP contribution in [-0.2, 0) is 6.42 Å². The van der Waals surface area contributed by atoms with E-state index in [1.165, 1.54) is 0 Å². The molecule has 1 aromatic carbocycles. The molecule has 0 saturated heterocycles. The van der Waals surface area contributed by atoms with Crippen molar-refractivity contribution in [3.63, 3.8) is 0 Å². The average Bonchev–Trinajstić information content (AvgIpc) is 2.05. The van der Waals surface area contributed by atoms with E-state index < -0.39 is 6.98 Å². The van der Waals surface area contributed by atoms with Crippen LogP contribution in [0.4, 0.5) is 0 Å². The van der Waals surface area contributed by atoms with Gasteiger partial charge in [-0.2, -0.15) is 0 Å². The first-order valence-corrected chi connectivity index (χ1v) is 4.68. The highest BCUT2D eigenvalue weighted by atomic mass is 79.9. The first-order chi connectivity index (χ1) is 6.87. The number of likely N-dealkylation sites (N-methyl/N-ethyl adjacent to an activating group) is 1. The molecule has 0 fully saturated rings. The molecule has 0 spiro atoms. The van der Waals surface area contributed by atoms with E-state index >= 15 is 0 Å². The van der Waals surface area contributed by atoms with Gasteiger partial charge in [0, 0.05) is 14.6 Å². The highest BCUT2D eigenvalue weighted by Crippen LogP contribution is 2.11. The predicted octanol–water partition coefficient (Wildman–Crippen LogP) is 3.02. The van der Waals surface area contributed by atoms with Gasteiger partial charge < -0.3 is 5.32 Å². The van der Waals surface area contributed by atoms with Crippen LogP contribution >= 0.6 is 28.3 Å². The molecule has 0 radical (unpaired) electrons. The lowest BCUT2D eigenvalue weighted by molar-refractivity contribution is 0.608. The van der Waals surface area contributed by atoms with Crippen molar-refractivity contribution in [1.29, 1.82) is 0 Å². The van der Waals surface area contributed by atoms with Gasteiger partial charge in [0.25, 0.3) is 0 Å². The molecule has 1 atom stereocenters. The SMILES string of the molecule is Cl.[2H]C([2H])([2H])NC(C)Cc1ccc(Br)cc1. The van der Waals surface area contributed by atoms with Crippen molar-refractivity contribution in [2.75, 3.05) is 6.98 Å². The molecule has 0 aliphatic carbocycles. The fraction of sp³-hybridized carbons (Fsp3) is 0.400. The molecule has 13 heavy (non-hydrogen) atoms. The zero-order valence-corrected chi connectivity index (χ0v) is 9.78.